The van der Waals surface area contributed by atoms with Crippen LogP contribution in [0.1, 0.15) is 178 Å². The maximum atomic E-state index is 13.9. The van der Waals surface area contributed by atoms with Crippen molar-refractivity contribution < 1.29 is 43.8 Å². The van der Waals surface area contributed by atoms with Crippen LogP contribution >= 0.6 is 21.6 Å². The molecule has 14 unspecified atom stereocenters. The highest BCUT2D eigenvalue weighted by Crippen LogP contribution is 2.67. The topological polar surface area (TPSA) is 186 Å². The van der Waals surface area contributed by atoms with Crippen molar-refractivity contribution in [3.8, 4) is 63.6 Å². The normalized spacial score (nSPS) is 32.9. The van der Waals surface area contributed by atoms with E-state index in [1.54, 1.807) is 20.3 Å². The fraction of sp³-hybridized carbons (Fsp3) is 0.551. The Morgan fingerprint density at radius 2 is 1.67 bits per heavy atom. The molecular weight excluding hydrogens is 1200 g/mol. The molecule has 3 spiro atoms. The average molecular weight is 1290 g/mol. The summed E-state index contributed by atoms with van der Waals surface area (Å²) in [6, 6.07) is 18.1. The number of hydrogen-bond acceptors (Lipinski definition) is 15. The number of rotatable bonds is 6. The second-order valence-corrected chi connectivity index (χ2v) is 32.1. The molecule has 4 aromatic rings. The molecule has 0 amide bonds. The molecule has 488 valence electrons. The van der Waals surface area contributed by atoms with Crippen LogP contribution in [-0.2, 0) is 43.5 Å². The van der Waals surface area contributed by atoms with Crippen LogP contribution in [0.4, 0.5) is 0 Å². The number of carbonyl (C=O) groups excluding carboxylic acids is 1. The Bertz CT molecular complexity index is 3860. The lowest BCUT2D eigenvalue weighted by atomic mass is 9.54. The maximum Gasteiger partial charge on any atom is 0.302 e. The minimum absolute atomic E-state index is 0.0157. The Morgan fingerprint density at radius 1 is 0.849 bits per heavy atom. The number of nitrogens with two attached hydrogens (primary N) is 1. The molecule has 0 radical (unpaired) electrons. The first-order valence-corrected chi connectivity index (χ1v) is 37.4. The van der Waals surface area contributed by atoms with Crippen molar-refractivity contribution >= 4 is 33.6 Å². The second-order valence-electron chi connectivity index (χ2n) is 29.6. The number of nitrogens with one attached hydrogen (secondary N) is 3. The molecule has 93 heavy (non-hydrogen) atoms. The molecule has 1 saturated heterocycles. The summed E-state index contributed by atoms with van der Waals surface area (Å²) in [4.78, 5) is 13.5. The number of benzene rings is 4. The van der Waals surface area contributed by atoms with E-state index in [-0.39, 0.29) is 78.4 Å². The summed E-state index contributed by atoms with van der Waals surface area (Å²) in [5.41, 5.74) is 18.5. The van der Waals surface area contributed by atoms with Crippen molar-refractivity contribution in [2.24, 2.45) is 41.2 Å². The van der Waals surface area contributed by atoms with Gasteiger partial charge in [0.25, 0.3) is 0 Å². The summed E-state index contributed by atoms with van der Waals surface area (Å²) < 4.78 is 34.8. The zero-order valence-electron chi connectivity index (χ0n) is 54.1. The van der Waals surface area contributed by atoms with Gasteiger partial charge in [-0.05, 0) is 140 Å². The molecule has 6 aliphatic heterocycles. The molecule has 6 heterocycles. The number of phenols is 2. The van der Waals surface area contributed by atoms with Crippen LogP contribution in [0.2, 0.25) is 0 Å². The molecule has 5 fully saturated rings. The lowest BCUT2D eigenvalue weighted by Crippen LogP contribution is -2.49. The fourth-order valence-corrected chi connectivity index (χ4v) is 23.3. The number of aliphatic hydroxyl groups is 1. The number of esters is 1. The monoisotopic (exact) mass is 1290 g/mol. The van der Waals surface area contributed by atoms with Gasteiger partial charge in [-0.2, -0.15) is 0 Å². The summed E-state index contributed by atoms with van der Waals surface area (Å²) in [5, 5.41) is 49.3. The number of aliphatic hydroxyl groups excluding tert-OH is 1. The largest absolute Gasteiger partial charge is 0.508 e. The lowest BCUT2D eigenvalue weighted by molar-refractivity contribution is -0.141. The van der Waals surface area contributed by atoms with Crippen LogP contribution in [0.3, 0.4) is 0 Å². The highest BCUT2D eigenvalue weighted by molar-refractivity contribution is 8.76. The van der Waals surface area contributed by atoms with Gasteiger partial charge in [0.05, 0.1) is 37.5 Å². The van der Waals surface area contributed by atoms with Crippen molar-refractivity contribution in [3.05, 3.63) is 128 Å². The van der Waals surface area contributed by atoms with Crippen LogP contribution in [-0.4, -0.2) is 97.7 Å². The van der Waals surface area contributed by atoms with Crippen LogP contribution in [0, 0.1) is 59.2 Å². The molecule has 12 aliphatic rings. The van der Waals surface area contributed by atoms with E-state index in [2.05, 4.69) is 100 Å². The van der Waals surface area contributed by atoms with Crippen molar-refractivity contribution in [2.45, 2.75) is 181 Å². The molecule has 8 N–H and O–H groups in total. The van der Waals surface area contributed by atoms with Crippen molar-refractivity contribution in [1.29, 1.82) is 0 Å². The van der Waals surface area contributed by atoms with Crippen LogP contribution in [0.25, 0.3) is 17.2 Å². The Balaban J connectivity index is 1.05. The Labute approximate surface area is 556 Å². The van der Waals surface area contributed by atoms with Gasteiger partial charge in [-0.1, -0.05) is 133 Å². The number of ether oxygens (including phenoxy) is 5. The quantitative estimate of drug-likeness (QED) is 0.0549. The summed E-state index contributed by atoms with van der Waals surface area (Å²) in [6.07, 6.45) is 24.4. The molecule has 11 bridgehead atoms. The van der Waals surface area contributed by atoms with Gasteiger partial charge < -0.3 is 60.7 Å². The molecule has 14 atom stereocenters. The number of aromatic hydroxyl groups is 2. The van der Waals surface area contributed by atoms with Crippen LogP contribution in [0.5, 0.6) is 28.7 Å². The van der Waals surface area contributed by atoms with Crippen molar-refractivity contribution in [2.75, 3.05) is 52.1 Å². The van der Waals surface area contributed by atoms with E-state index in [4.69, 9.17) is 29.4 Å². The number of phenolic OH excluding ortho intramolecular Hbond substituents is 2. The van der Waals surface area contributed by atoms with E-state index < -0.39 is 40.9 Å². The first-order chi connectivity index (χ1) is 45.4. The van der Waals surface area contributed by atoms with E-state index in [1.807, 2.05) is 27.7 Å². The van der Waals surface area contributed by atoms with Gasteiger partial charge in [-0.3, -0.25) is 4.79 Å². The molecule has 13 nitrogen and oxygen atoms in total. The SMILES string of the molecule is COCC1C(CO)CNCc2c(O)c3c(c4c2C2C#CC5=C(C=CC(N)N5)C(C5CCC6(Cc7cc(O)cc(OC)c7-c7ccc8c(c76)OC4C8COC(C)=O)C5)C4(CCCCC4)c4cccc(c4)C4(CCCC4)C1C#C2)C=CC1NC2CCCC(CSSCC1O3)C2. The zero-order valence-corrected chi connectivity index (χ0v) is 55.7. The zero-order chi connectivity index (χ0) is 63.3. The number of allylic oxidation sites excluding steroid dienone is 3. The molecule has 16 rings (SSSR count). The highest BCUT2D eigenvalue weighted by atomic mass is 33.1. The van der Waals surface area contributed by atoms with E-state index in [9.17, 15) is 20.1 Å². The third kappa shape index (κ3) is 10.4. The second kappa shape index (κ2) is 24.9. The Hall–Kier alpha value is -6.01. The van der Waals surface area contributed by atoms with Gasteiger partial charge in [0.15, 0.2) is 11.5 Å². The Kier molecular flexibility index (Phi) is 16.5. The van der Waals surface area contributed by atoms with Crippen LogP contribution < -0.4 is 35.9 Å². The van der Waals surface area contributed by atoms with Gasteiger partial charge >= 0.3 is 5.97 Å². The summed E-state index contributed by atoms with van der Waals surface area (Å²) in [7, 11) is 7.25. The van der Waals surface area contributed by atoms with E-state index in [1.165, 1.54) is 36.5 Å². The standard InChI is InChI=1S/C78H90N4O9S2/c1-44(84)89-41-60-54-17-18-56-67-48(32-53(85)34-64(67)88-3)36-76-30-25-47(35-76)70-55-20-24-66(79)82-62(55)22-16-46-15-21-61(77(26-7-8-27-77)50-12-10-13-51(33-50)78(70)28-5-4-6-29-78)59(40-87-2)49(39-83)37-80-38-58-68(46)69(73(60)91-74(54)71(56)76)57-19-23-63-65(90-75(57)72(58)86)43-93-92-42-45-11-9-14-52(31-45)81-63/h10,12-13,17-20,23-24,32-34,45-47,49,52,59-61,63,65-66,70,73,80-83,85-86H,4-9,11,14,25-31,35-43,79H2,1-3H3. The van der Waals surface area contributed by atoms with E-state index in [0.29, 0.717) is 59.9 Å². The van der Waals surface area contributed by atoms with Crippen molar-refractivity contribution in [1.82, 2.24) is 16.0 Å². The molecule has 15 heteroatoms. The predicted octanol–water partition coefficient (Wildman–Crippen LogP) is 12.6. The summed E-state index contributed by atoms with van der Waals surface area (Å²) >= 11 is 0. The van der Waals surface area contributed by atoms with Crippen molar-refractivity contribution in [3.63, 3.8) is 0 Å². The summed E-state index contributed by atoms with van der Waals surface area (Å²) in [5.74, 6) is 18.1. The number of fused-ring (bicyclic) bond motifs is 18. The van der Waals surface area contributed by atoms with E-state index >= 15 is 0 Å². The lowest BCUT2D eigenvalue weighted by Gasteiger charge is -2.50. The van der Waals surface area contributed by atoms with E-state index in [0.717, 1.165) is 146 Å². The Morgan fingerprint density at radius 3 is 2.48 bits per heavy atom. The number of carbonyl (C=O) groups is 1. The predicted molar refractivity (Wildman–Crippen MR) is 366 cm³/mol. The third-order valence-electron chi connectivity index (χ3n) is 24.6. The molecular formula is C78H90N4O9S2. The van der Waals surface area contributed by atoms with Gasteiger partial charge in [0, 0.05) is 125 Å². The van der Waals surface area contributed by atoms with Gasteiger partial charge in [0.1, 0.15) is 42.0 Å². The maximum absolute atomic E-state index is 13.9. The summed E-state index contributed by atoms with van der Waals surface area (Å²) in [6.45, 7) is 2.40. The molecule has 6 aliphatic carbocycles. The number of dihydropyridines is 1. The smallest absolute Gasteiger partial charge is 0.302 e. The average Bonchev–Trinajstić information content (AvgIpc) is 1.61. The van der Waals surface area contributed by atoms with Crippen LogP contribution in [0.15, 0.2) is 78.0 Å². The highest BCUT2D eigenvalue weighted by Gasteiger charge is 2.58. The number of hydrogen-bond donors (Lipinski definition) is 7. The molecule has 4 aromatic carbocycles. The minimum atomic E-state index is -0.856. The molecule has 4 saturated carbocycles. The number of methoxy groups -OCH3 is 2. The fourth-order valence-electron chi connectivity index (χ4n) is 20.7. The first kappa shape index (κ1) is 61.8. The first-order valence-electron chi connectivity index (χ1n) is 34.9. The third-order valence-corrected chi connectivity index (χ3v) is 27.2. The van der Waals surface area contributed by atoms with Gasteiger partial charge in [0.2, 0.25) is 0 Å². The van der Waals surface area contributed by atoms with Gasteiger partial charge in [-0.15, -0.1) is 0 Å². The minimum Gasteiger partial charge on any atom is -0.508 e. The van der Waals surface area contributed by atoms with Gasteiger partial charge in [-0.25, -0.2) is 0 Å². The molecule has 0 aromatic heterocycles.